The summed E-state index contributed by atoms with van der Waals surface area (Å²) in [5.41, 5.74) is 8.53. The van der Waals surface area contributed by atoms with Gasteiger partial charge in [0.1, 0.15) is 5.75 Å². The first-order valence-electron chi connectivity index (χ1n) is 6.43. The Balaban J connectivity index is 2.14. The summed E-state index contributed by atoms with van der Waals surface area (Å²) in [5.74, 6) is 0.985. The molecule has 1 unspecified atom stereocenters. The van der Waals surface area contributed by atoms with Crippen molar-refractivity contribution in [1.82, 2.24) is 0 Å². The minimum atomic E-state index is 0.0482. The van der Waals surface area contributed by atoms with Crippen molar-refractivity contribution in [2.24, 2.45) is 5.73 Å². The highest BCUT2D eigenvalue weighted by Gasteiger charge is 2.21. The summed E-state index contributed by atoms with van der Waals surface area (Å²) < 4.78 is 5.67. The van der Waals surface area contributed by atoms with E-state index in [0.29, 0.717) is 0 Å². The van der Waals surface area contributed by atoms with E-state index in [4.69, 9.17) is 22.1 Å². The monoisotopic (exact) mass is 253 g/mol. The van der Waals surface area contributed by atoms with Crippen LogP contribution in [-0.2, 0) is 6.42 Å². The van der Waals surface area contributed by atoms with Gasteiger partial charge < -0.3 is 10.5 Å². The first-order valence-corrected chi connectivity index (χ1v) is 6.81. The minimum absolute atomic E-state index is 0.0482. The summed E-state index contributed by atoms with van der Waals surface area (Å²) in [7, 11) is 0. The topological polar surface area (TPSA) is 35.2 Å². The Morgan fingerprint density at radius 3 is 3.00 bits per heavy atom. The molecule has 3 heteroatoms. The third-order valence-electron chi connectivity index (χ3n) is 3.30. The molecule has 0 radical (unpaired) electrons. The molecule has 0 saturated carbocycles. The normalized spacial score (nSPS) is 15.5. The lowest BCUT2D eigenvalue weighted by atomic mass is 9.98. The molecule has 0 spiro atoms. The number of hydrogen-bond donors (Lipinski definition) is 1. The molecule has 0 saturated heterocycles. The van der Waals surface area contributed by atoms with Gasteiger partial charge in [0.05, 0.1) is 6.61 Å². The fourth-order valence-electron chi connectivity index (χ4n) is 2.34. The zero-order chi connectivity index (χ0) is 12.3. The zero-order valence-corrected chi connectivity index (χ0v) is 11.1. The number of benzene rings is 1. The fraction of sp³-hybridized carbons (Fsp3) is 0.571. The van der Waals surface area contributed by atoms with E-state index in [9.17, 15) is 0 Å². The van der Waals surface area contributed by atoms with Crippen molar-refractivity contribution in [3.05, 3.63) is 28.3 Å². The lowest BCUT2D eigenvalue weighted by Crippen LogP contribution is -2.11. The molecule has 2 nitrogen and oxygen atoms in total. The molecule has 0 bridgehead atoms. The van der Waals surface area contributed by atoms with Crippen LogP contribution in [0.1, 0.15) is 49.8 Å². The zero-order valence-electron chi connectivity index (χ0n) is 10.3. The Morgan fingerprint density at radius 2 is 2.24 bits per heavy atom. The summed E-state index contributed by atoms with van der Waals surface area (Å²) in [6, 6.07) is 4.00. The summed E-state index contributed by atoms with van der Waals surface area (Å²) in [6.07, 6.45) is 5.57. The highest BCUT2D eigenvalue weighted by atomic mass is 35.5. The lowest BCUT2D eigenvalue weighted by molar-refractivity contribution is 0.350. The smallest absolute Gasteiger partial charge is 0.127 e. The van der Waals surface area contributed by atoms with E-state index in [1.807, 2.05) is 12.1 Å². The van der Waals surface area contributed by atoms with Crippen molar-refractivity contribution in [1.29, 1.82) is 0 Å². The van der Waals surface area contributed by atoms with Gasteiger partial charge in [0.25, 0.3) is 0 Å². The van der Waals surface area contributed by atoms with Crippen LogP contribution in [0.4, 0.5) is 0 Å². The molecule has 1 aliphatic heterocycles. The van der Waals surface area contributed by atoms with E-state index in [0.717, 1.165) is 35.8 Å². The van der Waals surface area contributed by atoms with E-state index in [2.05, 4.69) is 6.92 Å². The molecule has 1 aromatic carbocycles. The molecule has 1 aromatic rings. The number of rotatable bonds is 5. The quantitative estimate of drug-likeness (QED) is 0.809. The second kappa shape index (κ2) is 5.74. The van der Waals surface area contributed by atoms with Crippen LogP contribution in [-0.4, -0.2) is 6.61 Å². The predicted molar refractivity (Wildman–Crippen MR) is 71.7 cm³/mol. The van der Waals surface area contributed by atoms with E-state index in [1.54, 1.807) is 0 Å². The van der Waals surface area contributed by atoms with E-state index < -0.39 is 0 Å². The number of nitrogens with two attached hydrogens (primary N) is 1. The van der Waals surface area contributed by atoms with Crippen molar-refractivity contribution >= 4 is 11.6 Å². The molecule has 2 rings (SSSR count). The van der Waals surface area contributed by atoms with Gasteiger partial charge >= 0.3 is 0 Å². The standard InChI is InChI=1S/C14H20ClNO/c1-2-3-4-5-13(16)12-9-11(15)8-10-6-7-17-14(10)12/h8-9,13H,2-7,16H2,1H3. The largest absolute Gasteiger partial charge is 0.493 e. The molecule has 1 atom stereocenters. The molecule has 0 amide bonds. The molecule has 94 valence electrons. The number of ether oxygens (including phenoxy) is 1. The van der Waals surface area contributed by atoms with Gasteiger partial charge in [-0.2, -0.15) is 0 Å². The maximum Gasteiger partial charge on any atom is 0.127 e. The SMILES string of the molecule is CCCCCC(N)c1cc(Cl)cc2c1OCC2. The first kappa shape index (κ1) is 12.7. The molecule has 17 heavy (non-hydrogen) atoms. The van der Waals surface area contributed by atoms with Crippen molar-refractivity contribution in [2.75, 3.05) is 6.61 Å². The van der Waals surface area contributed by atoms with Gasteiger partial charge in [0, 0.05) is 23.0 Å². The van der Waals surface area contributed by atoms with Crippen LogP contribution >= 0.6 is 11.6 Å². The summed E-state index contributed by atoms with van der Waals surface area (Å²) in [4.78, 5) is 0. The van der Waals surface area contributed by atoms with Crippen molar-refractivity contribution in [3.63, 3.8) is 0 Å². The number of unbranched alkanes of at least 4 members (excludes halogenated alkanes) is 2. The number of fused-ring (bicyclic) bond motifs is 1. The Morgan fingerprint density at radius 1 is 1.41 bits per heavy atom. The first-order chi connectivity index (χ1) is 8.22. The minimum Gasteiger partial charge on any atom is -0.493 e. The molecule has 1 aliphatic rings. The second-order valence-electron chi connectivity index (χ2n) is 4.68. The predicted octanol–water partition coefficient (Wildman–Crippen LogP) is 3.86. The lowest BCUT2D eigenvalue weighted by Gasteiger charge is -2.16. The number of halogens is 1. The Labute approximate surface area is 108 Å². The van der Waals surface area contributed by atoms with Crippen LogP contribution in [0.5, 0.6) is 5.75 Å². The molecular weight excluding hydrogens is 234 g/mol. The van der Waals surface area contributed by atoms with Crippen LogP contribution in [0.2, 0.25) is 5.02 Å². The van der Waals surface area contributed by atoms with Crippen LogP contribution in [0.15, 0.2) is 12.1 Å². The van der Waals surface area contributed by atoms with Crippen molar-refractivity contribution in [2.45, 2.75) is 45.1 Å². The van der Waals surface area contributed by atoms with Gasteiger partial charge in [-0.25, -0.2) is 0 Å². The van der Waals surface area contributed by atoms with Gasteiger partial charge in [-0.15, -0.1) is 0 Å². The Bertz CT molecular complexity index is 392. The van der Waals surface area contributed by atoms with Crippen LogP contribution in [0.3, 0.4) is 0 Å². The van der Waals surface area contributed by atoms with Gasteiger partial charge in [-0.1, -0.05) is 37.8 Å². The van der Waals surface area contributed by atoms with Crippen molar-refractivity contribution < 1.29 is 4.74 Å². The Hall–Kier alpha value is -0.730. The van der Waals surface area contributed by atoms with Crippen molar-refractivity contribution in [3.8, 4) is 5.75 Å². The van der Waals surface area contributed by atoms with E-state index in [1.165, 1.54) is 24.8 Å². The Kier molecular flexibility index (Phi) is 4.30. The molecule has 0 aromatic heterocycles. The average molecular weight is 254 g/mol. The molecule has 0 aliphatic carbocycles. The molecule has 1 heterocycles. The van der Waals surface area contributed by atoms with Crippen LogP contribution in [0, 0.1) is 0 Å². The van der Waals surface area contributed by atoms with E-state index >= 15 is 0 Å². The highest BCUT2D eigenvalue weighted by molar-refractivity contribution is 6.30. The van der Waals surface area contributed by atoms with Crippen LogP contribution in [0.25, 0.3) is 0 Å². The summed E-state index contributed by atoms with van der Waals surface area (Å²) in [6.45, 7) is 2.95. The van der Waals surface area contributed by atoms with Gasteiger partial charge in [-0.05, 0) is 24.1 Å². The second-order valence-corrected chi connectivity index (χ2v) is 5.12. The van der Waals surface area contributed by atoms with Crippen LogP contribution < -0.4 is 10.5 Å². The third-order valence-corrected chi connectivity index (χ3v) is 3.51. The maximum atomic E-state index is 6.24. The molecule has 2 N–H and O–H groups in total. The molecule has 0 fully saturated rings. The summed E-state index contributed by atoms with van der Waals surface area (Å²) >= 11 is 6.12. The molecular formula is C14H20ClNO. The fourth-order valence-corrected chi connectivity index (χ4v) is 2.59. The third kappa shape index (κ3) is 2.93. The maximum absolute atomic E-state index is 6.24. The average Bonchev–Trinajstić information content (AvgIpc) is 2.75. The van der Waals surface area contributed by atoms with Gasteiger partial charge in [0.15, 0.2) is 0 Å². The number of hydrogen-bond acceptors (Lipinski definition) is 2. The van der Waals surface area contributed by atoms with Gasteiger partial charge in [-0.3, -0.25) is 0 Å². The van der Waals surface area contributed by atoms with Gasteiger partial charge in [0.2, 0.25) is 0 Å². The van der Waals surface area contributed by atoms with E-state index in [-0.39, 0.29) is 6.04 Å². The summed E-state index contributed by atoms with van der Waals surface area (Å²) in [5, 5.41) is 0.773. The highest BCUT2D eigenvalue weighted by Crippen LogP contribution is 2.36.